The Morgan fingerprint density at radius 1 is 1.17 bits per heavy atom. The van der Waals surface area contributed by atoms with E-state index < -0.39 is 0 Å². The number of nitrogens with one attached hydrogen (secondary N) is 1. The first-order valence-corrected chi connectivity index (χ1v) is 10.6. The molecule has 2 aromatic heterocycles. The number of pyridine rings is 1. The number of amides is 1. The van der Waals surface area contributed by atoms with Gasteiger partial charge in [0.25, 0.3) is 5.91 Å². The predicted octanol–water partition coefficient (Wildman–Crippen LogP) is 3.49. The van der Waals surface area contributed by atoms with Crippen molar-refractivity contribution in [1.29, 1.82) is 0 Å². The number of H-pyrrole nitrogens is 1. The lowest BCUT2D eigenvalue weighted by Gasteiger charge is -2.34. The first-order valence-electron chi connectivity index (χ1n) is 10.2. The van der Waals surface area contributed by atoms with Gasteiger partial charge in [-0.3, -0.25) is 9.69 Å². The van der Waals surface area contributed by atoms with Crippen LogP contribution in [0, 0.1) is 11.6 Å². The Labute approximate surface area is 180 Å². The lowest BCUT2D eigenvalue weighted by molar-refractivity contribution is 0.0634. The number of hydrogen-bond acceptors (Lipinski definition) is 6. The van der Waals surface area contributed by atoms with E-state index in [1.165, 1.54) is 5.56 Å². The molecule has 0 atom stereocenters. The summed E-state index contributed by atoms with van der Waals surface area (Å²) >= 11 is 5.23. The van der Waals surface area contributed by atoms with Crippen LogP contribution in [0.5, 0.6) is 0 Å². The maximum Gasteiger partial charge on any atom is 0.256 e. The van der Waals surface area contributed by atoms with Crippen LogP contribution in [-0.4, -0.2) is 63.6 Å². The zero-order chi connectivity index (χ0) is 20.9. The molecule has 0 spiro atoms. The number of aromatic nitrogens is 3. The molecule has 1 aliphatic rings. The van der Waals surface area contributed by atoms with Crippen molar-refractivity contribution < 1.29 is 9.32 Å². The first-order chi connectivity index (χ1) is 14.6. The van der Waals surface area contributed by atoms with E-state index in [0.717, 1.165) is 38.0 Å². The van der Waals surface area contributed by atoms with Crippen LogP contribution in [0.2, 0.25) is 0 Å². The molecule has 0 saturated carbocycles. The van der Waals surface area contributed by atoms with E-state index in [1.54, 1.807) is 18.3 Å². The largest absolute Gasteiger partial charge is 0.352 e. The van der Waals surface area contributed by atoms with E-state index in [9.17, 15) is 4.79 Å². The first kappa shape index (κ1) is 20.4. The summed E-state index contributed by atoms with van der Waals surface area (Å²) in [6.07, 6.45) is 3.43. The summed E-state index contributed by atoms with van der Waals surface area (Å²) < 4.78 is 5.90. The maximum atomic E-state index is 12.7. The predicted molar refractivity (Wildman–Crippen MR) is 117 cm³/mol. The van der Waals surface area contributed by atoms with Gasteiger partial charge in [-0.05, 0) is 32.0 Å². The van der Waals surface area contributed by atoms with Crippen molar-refractivity contribution in [1.82, 2.24) is 24.9 Å². The van der Waals surface area contributed by atoms with Crippen LogP contribution in [-0.2, 0) is 6.42 Å². The summed E-state index contributed by atoms with van der Waals surface area (Å²) in [6, 6.07) is 11.7. The van der Waals surface area contributed by atoms with Gasteiger partial charge in [-0.2, -0.15) is 4.98 Å². The molecule has 1 N–H and O–H groups in total. The number of rotatable bonds is 6. The van der Waals surface area contributed by atoms with Crippen molar-refractivity contribution in [2.24, 2.45) is 0 Å². The van der Waals surface area contributed by atoms with Crippen LogP contribution in [0.3, 0.4) is 0 Å². The fourth-order valence-electron chi connectivity index (χ4n) is 3.57. The fourth-order valence-corrected chi connectivity index (χ4v) is 3.79. The van der Waals surface area contributed by atoms with E-state index in [1.807, 2.05) is 29.2 Å². The SMILES string of the molecule is Cc1ccc(-c2noc(CCCN3CCN(C(=O)c4ccc[nH]c4=S)CC3)n2)cc1. The molecule has 4 rings (SSSR count). The van der Waals surface area contributed by atoms with Gasteiger partial charge in [0.1, 0.15) is 4.64 Å². The lowest BCUT2D eigenvalue weighted by Crippen LogP contribution is -2.49. The standard InChI is InChI=1S/C22H25N5O2S/c1-16-6-8-17(9-7-16)20-24-19(29-25-20)5-3-11-26-12-14-27(15-13-26)22(28)18-4-2-10-23-21(18)30/h2,4,6-10H,3,5,11-15H2,1H3,(H,23,30). The van der Waals surface area contributed by atoms with Gasteiger partial charge in [0.2, 0.25) is 11.7 Å². The molecule has 0 unspecified atom stereocenters. The number of carbonyl (C=O) groups excluding carboxylic acids is 1. The molecule has 0 bridgehead atoms. The Morgan fingerprint density at radius 3 is 2.67 bits per heavy atom. The number of aryl methyl sites for hydroxylation is 2. The van der Waals surface area contributed by atoms with Crippen LogP contribution >= 0.6 is 12.2 Å². The highest BCUT2D eigenvalue weighted by Gasteiger charge is 2.22. The van der Waals surface area contributed by atoms with Gasteiger partial charge in [0, 0.05) is 44.4 Å². The Hall–Kier alpha value is -2.84. The van der Waals surface area contributed by atoms with Gasteiger partial charge in [-0.25, -0.2) is 0 Å². The van der Waals surface area contributed by atoms with Crippen LogP contribution in [0.4, 0.5) is 0 Å². The second kappa shape index (κ2) is 9.32. The Bertz CT molecular complexity index is 1050. The van der Waals surface area contributed by atoms with Gasteiger partial charge in [-0.1, -0.05) is 47.2 Å². The minimum Gasteiger partial charge on any atom is -0.352 e. The molecule has 1 aliphatic heterocycles. The monoisotopic (exact) mass is 423 g/mol. The van der Waals surface area contributed by atoms with Crippen LogP contribution < -0.4 is 0 Å². The summed E-state index contributed by atoms with van der Waals surface area (Å²) in [7, 11) is 0. The molecule has 30 heavy (non-hydrogen) atoms. The van der Waals surface area contributed by atoms with E-state index in [4.69, 9.17) is 16.7 Å². The van der Waals surface area contributed by atoms with Crippen LogP contribution in [0.15, 0.2) is 47.1 Å². The van der Waals surface area contributed by atoms with Crippen molar-refractivity contribution in [3.63, 3.8) is 0 Å². The molecule has 8 heteroatoms. The fraction of sp³-hybridized carbons (Fsp3) is 0.364. The van der Waals surface area contributed by atoms with Gasteiger partial charge < -0.3 is 14.4 Å². The Morgan fingerprint density at radius 2 is 1.93 bits per heavy atom. The number of hydrogen-bond donors (Lipinski definition) is 1. The topological polar surface area (TPSA) is 78.3 Å². The van der Waals surface area contributed by atoms with Crippen molar-refractivity contribution in [3.8, 4) is 11.4 Å². The quantitative estimate of drug-likeness (QED) is 0.612. The smallest absolute Gasteiger partial charge is 0.256 e. The van der Waals surface area contributed by atoms with Crippen molar-refractivity contribution in [2.75, 3.05) is 32.7 Å². The number of piperazine rings is 1. The molecular weight excluding hydrogens is 398 g/mol. The number of nitrogens with zero attached hydrogens (tertiary/aromatic N) is 4. The molecule has 7 nitrogen and oxygen atoms in total. The second-order valence-corrected chi connectivity index (χ2v) is 7.94. The third-order valence-corrected chi connectivity index (χ3v) is 5.69. The van der Waals surface area contributed by atoms with Gasteiger partial charge in [0.05, 0.1) is 5.56 Å². The average Bonchev–Trinajstić information content (AvgIpc) is 3.23. The average molecular weight is 424 g/mol. The minimum atomic E-state index is 0.00555. The summed E-state index contributed by atoms with van der Waals surface area (Å²) in [6.45, 7) is 6.12. The molecule has 3 aromatic rings. The molecule has 1 aromatic carbocycles. The molecule has 1 saturated heterocycles. The molecule has 156 valence electrons. The van der Waals surface area contributed by atoms with Gasteiger partial charge >= 0.3 is 0 Å². The van der Waals surface area contributed by atoms with Crippen molar-refractivity contribution in [3.05, 3.63) is 64.3 Å². The van der Waals surface area contributed by atoms with E-state index >= 15 is 0 Å². The normalized spacial score (nSPS) is 14.8. The molecule has 1 amide bonds. The van der Waals surface area contributed by atoms with E-state index in [2.05, 4.69) is 26.9 Å². The third-order valence-electron chi connectivity index (χ3n) is 5.35. The van der Waals surface area contributed by atoms with Crippen LogP contribution in [0.25, 0.3) is 11.4 Å². The van der Waals surface area contributed by atoms with Crippen molar-refractivity contribution >= 4 is 18.1 Å². The number of benzene rings is 1. The number of aromatic amines is 1. The maximum absolute atomic E-state index is 12.7. The Kier molecular flexibility index (Phi) is 6.35. The molecule has 3 heterocycles. The third kappa shape index (κ3) is 4.83. The summed E-state index contributed by atoms with van der Waals surface area (Å²) in [5.74, 6) is 1.31. The molecule has 0 radical (unpaired) electrons. The second-order valence-electron chi connectivity index (χ2n) is 7.53. The highest BCUT2D eigenvalue weighted by Crippen LogP contribution is 2.17. The van der Waals surface area contributed by atoms with Gasteiger partial charge in [0.15, 0.2) is 0 Å². The van der Waals surface area contributed by atoms with E-state index in [-0.39, 0.29) is 5.91 Å². The zero-order valence-electron chi connectivity index (χ0n) is 17.0. The molecule has 1 fully saturated rings. The van der Waals surface area contributed by atoms with E-state index in [0.29, 0.717) is 35.0 Å². The molecule has 0 aliphatic carbocycles. The van der Waals surface area contributed by atoms with Crippen molar-refractivity contribution in [2.45, 2.75) is 19.8 Å². The van der Waals surface area contributed by atoms with Gasteiger partial charge in [-0.15, -0.1) is 0 Å². The summed E-state index contributed by atoms with van der Waals surface area (Å²) in [5, 5.41) is 4.09. The summed E-state index contributed by atoms with van der Waals surface area (Å²) in [4.78, 5) is 24.3. The lowest BCUT2D eigenvalue weighted by atomic mass is 10.1. The summed E-state index contributed by atoms with van der Waals surface area (Å²) in [5.41, 5.74) is 2.74. The highest BCUT2D eigenvalue weighted by atomic mass is 32.1. The van der Waals surface area contributed by atoms with Crippen LogP contribution in [0.1, 0.15) is 28.2 Å². The zero-order valence-corrected chi connectivity index (χ0v) is 17.8. The highest BCUT2D eigenvalue weighted by molar-refractivity contribution is 7.71. The minimum absolute atomic E-state index is 0.00555. The Balaban J connectivity index is 1.23. The number of carbonyl (C=O) groups is 1. The molecular formula is C22H25N5O2S.